The highest BCUT2D eigenvalue weighted by Crippen LogP contribution is 2.21. The first-order valence-electron chi connectivity index (χ1n) is 5.02. The lowest BCUT2D eigenvalue weighted by molar-refractivity contribution is 0.388. The number of benzene rings is 1. The Morgan fingerprint density at radius 1 is 1.41 bits per heavy atom. The topological polar surface area (TPSA) is 44.1 Å². The summed E-state index contributed by atoms with van der Waals surface area (Å²) >= 11 is 6.03. The van der Waals surface area contributed by atoms with Crippen LogP contribution in [0.1, 0.15) is 5.56 Å². The van der Waals surface area contributed by atoms with E-state index in [0.29, 0.717) is 5.02 Å². The summed E-state index contributed by atoms with van der Waals surface area (Å²) in [6.07, 6.45) is 3.10. The van der Waals surface area contributed by atoms with Crippen molar-refractivity contribution < 1.29 is 4.74 Å². The Kier molecular flexibility index (Phi) is 3.15. The Hall–Kier alpha value is -1.81. The van der Waals surface area contributed by atoms with Gasteiger partial charge in [-0.2, -0.15) is 0 Å². The molecule has 2 rings (SSSR count). The van der Waals surface area contributed by atoms with Crippen LogP contribution in [0.25, 0.3) is 5.69 Å². The molecule has 0 unspecified atom stereocenters. The molecule has 0 bridgehead atoms. The summed E-state index contributed by atoms with van der Waals surface area (Å²) in [5.74, 6) is 0.0619. The van der Waals surface area contributed by atoms with E-state index in [9.17, 15) is 4.79 Å². The maximum absolute atomic E-state index is 12.0. The first kappa shape index (κ1) is 11.7. The average molecular weight is 251 g/mol. The summed E-state index contributed by atoms with van der Waals surface area (Å²) in [6, 6.07) is 5.40. The van der Waals surface area contributed by atoms with E-state index in [4.69, 9.17) is 16.3 Å². The third kappa shape index (κ3) is 2.03. The molecule has 17 heavy (non-hydrogen) atoms. The van der Waals surface area contributed by atoms with Crippen molar-refractivity contribution in [2.75, 3.05) is 7.11 Å². The van der Waals surface area contributed by atoms with Crippen molar-refractivity contribution in [1.29, 1.82) is 0 Å². The average Bonchev–Trinajstić information content (AvgIpc) is 2.33. The van der Waals surface area contributed by atoms with Crippen LogP contribution in [0.4, 0.5) is 0 Å². The number of ether oxygens (including phenoxy) is 1. The normalized spacial score (nSPS) is 10.3. The molecule has 0 aliphatic carbocycles. The number of hydrogen-bond acceptors (Lipinski definition) is 3. The van der Waals surface area contributed by atoms with Gasteiger partial charge < -0.3 is 4.74 Å². The lowest BCUT2D eigenvalue weighted by Crippen LogP contribution is -2.20. The molecule has 1 heterocycles. The quantitative estimate of drug-likeness (QED) is 0.821. The van der Waals surface area contributed by atoms with E-state index in [1.807, 2.05) is 13.0 Å². The summed E-state index contributed by atoms with van der Waals surface area (Å²) < 4.78 is 6.37. The highest BCUT2D eigenvalue weighted by molar-refractivity contribution is 6.31. The molecule has 0 fully saturated rings. The van der Waals surface area contributed by atoms with Crippen molar-refractivity contribution in [2.45, 2.75) is 6.92 Å². The molecule has 1 aromatic carbocycles. The van der Waals surface area contributed by atoms with Crippen molar-refractivity contribution in [3.63, 3.8) is 0 Å². The first-order valence-corrected chi connectivity index (χ1v) is 5.40. The summed E-state index contributed by atoms with van der Waals surface area (Å²) in [7, 11) is 1.42. The lowest BCUT2D eigenvalue weighted by Gasteiger charge is -2.10. The van der Waals surface area contributed by atoms with Crippen molar-refractivity contribution in [1.82, 2.24) is 9.55 Å². The van der Waals surface area contributed by atoms with Gasteiger partial charge in [-0.3, -0.25) is 9.36 Å². The zero-order valence-corrected chi connectivity index (χ0v) is 10.2. The Bertz CT molecular complexity index is 608. The number of rotatable bonds is 2. The number of methoxy groups -OCH3 is 1. The minimum absolute atomic E-state index is 0.0619. The molecule has 0 radical (unpaired) electrons. The van der Waals surface area contributed by atoms with Crippen LogP contribution in [0.5, 0.6) is 5.88 Å². The predicted octanol–water partition coefficient (Wildman–Crippen LogP) is 2.20. The van der Waals surface area contributed by atoms with E-state index in [-0.39, 0.29) is 11.4 Å². The fraction of sp³-hybridized carbons (Fsp3) is 0.167. The summed E-state index contributed by atoms with van der Waals surface area (Å²) in [5.41, 5.74) is 1.26. The zero-order valence-electron chi connectivity index (χ0n) is 9.48. The highest BCUT2D eigenvalue weighted by Gasteiger charge is 2.09. The molecule has 0 amide bonds. The molecular weight excluding hydrogens is 240 g/mol. The maximum Gasteiger partial charge on any atom is 0.317 e. The highest BCUT2D eigenvalue weighted by atomic mass is 35.5. The number of aromatic nitrogens is 2. The van der Waals surface area contributed by atoms with Gasteiger partial charge in [0.05, 0.1) is 12.8 Å². The molecule has 0 aliphatic heterocycles. The second-order valence-corrected chi connectivity index (χ2v) is 3.90. The molecule has 0 N–H and O–H groups in total. The SMILES string of the molecule is COc1nccn(-c2cccc(Cl)c2C)c1=O. The van der Waals surface area contributed by atoms with Crippen molar-refractivity contribution in [2.24, 2.45) is 0 Å². The van der Waals surface area contributed by atoms with Gasteiger partial charge in [-0.15, -0.1) is 0 Å². The monoisotopic (exact) mass is 250 g/mol. The second kappa shape index (κ2) is 4.59. The van der Waals surface area contributed by atoms with Crippen molar-refractivity contribution >= 4 is 11.6 Å². The molecule has 0 saturated carbocycles. The van der Waals surface area contributed by atoms with Gasteiger partial charge in [-0.1, -0.05) is 17.7 Å². The molecular formula is C12H11ClN2O2. The molecule has 88 valence electrons. The standard InChI is InChI=1S/C12H11ClN2O2/c1-8-9(13)4-3-5-10(8)15-7-6-14-11(17-2)12(15)16/h3-7H,1-2H3. The number of nitrogens with zero attached hydrogens (tertiary/aromatic N) is 2. The molecule has 4 nitrogen and oxygen atoms in total. The fourth-order valence-electron chi connectivity index (χ4n) is 1.58. The van der Waals surface area contributed by atoms with Gasteiger partial charge in [0, 0.05) is 17.4 Å². The molecule has 0 atom stereocenters. The summed E-state index contributed by atoms with van der Waals surface area (Å²) in [4.78, 5) is 15.8. The fourth-order valence-corrected chi connectivity index (χ4v) is 1.75. The van der Waals surface area contributed by atoms with Crippen LogP contribution in [0.3, 0.4) is 0 Å². The zero-order chi connectivity index (χ0) is 12.4. The van der Waals surface area contributed by atoms with Gasteiger partial charge in [0.1, 0.15) is 0 Å². The molecule has 5 heteroatoms. The minimum Gasteiger partial charge on any atom is -0.477 e. The van der Waals surface area contributed by atoms with Crippen molar-refractivity contribution in [3.8, 4) is 11.6 Å². The number of halogens is 1. The third-order valence-electron chi connectivity index (χ3n) is 2.50. The number of hydrogen-bond donors (Lipinski definition) is 0. The third-order valence-corrected chi connectivity index (χ3v) is 2.91. The van der Waals surface area contributed by atoms with Crippen molar-refractivity contribution in [3.05, 3.63) is 51.5 Å². The molecule has 0 spiro atoms. The van der Waals surface area contributed by atoms with Crippen LogP contribution in [-0.4, -0.2) is 16.7 Å². The van der Waals surface area contributed by atoms with E-state index in [2.05, 4.69) is 4.98 Å². The Labute approximate surface area is 103 Å². The van der Waals surface area contributed by atoms with Crippen LogP contribution < -0.4 is 10.3 Å². The first-order chi connectivity index (χ1) is 8.15. The van der Waals surface area contributed by atoms with Gasteiger partial charge in [-0.25, -0.2) is 4.98 Å². The Balaban J connectivity index is 2.69. The van der Waals surface area contributed by atoms with E-state index >= 15 is 0 Å². The molecule has 2 aromatic rings. The van der Waals surface area contributed by atoms with Gasteiger partial charge in [0.25, 0.3) is 5.88 Å². The molecule has 1 aromatic heterocycles. The van der Waals surface area contributed by atoms with Gasteiger partial charge in [-0.05, 0) is 24.6 Å². The van der Waals surface area contributed by atoms with Crippen LogP contribution in [-0.2, 0) is 0 Å². The Morgan fingerprint density at radius 3 is 2.88 bits per heavy atom. The largest absolute Gasteiger partial charge is 0.477 e. The lowest BCUT2D eigenvalue weighted by atomic mass is 10.2. The van der Waals surface area contributed by atoms with Gasteiger partial charge >= 0.3 is 5.56 Å². The predicted molar refractivity (Wildman–Crippen MR) is 66.1 cm³/mol. The van der Waals surface area contributed by atoms with E-state index in [1.165, 1.54) is 17.9 Å². The van der Waals surface area contributed by atoms with Gasteiger partial charge in [0.15, 0.2) is 0 Å². The van der Waals surface area contributed by atoms with Crippen LogP contribution in [0.15, 0.2) is 35.4 Å². The van der Waals surface area contributed by atoms with Crippen LogP contribution in [0.2, 0.25) is 5.02 Å². The van der Waals surface area contributed by atoms with E-state index < -0.39 is 0 Å². The minimum atomic E-state index is -0.305. The van der Waals surface area contributed by atoms with E-state index in [1.54, 1.807) is 18.3 Å². The maximum atomic E-state index is 12.0. The van der Waals surface area contributed by atoms with E-state index in [0.717, 1.165) is 11.3 Å². The summed E-state index contributed by atoms with van der Waals surface area (Å²) in [6.45, 7) is 1.86. The van der Waals surface area contributed by atoms with Crippen LogP contribution >= 0.6 is 11.6 Å². The van der Waals surface area contributed by atoms with Gasteiger partial charge in [0.2, 0.25) is 0 Å². The van der Waals surface area contributed by atoms with Crippen LogP contribution in [0, 0.1) is 6.92 Å². The summed E-state index contributed by atoms with van der Waals surface area (Å²) in [5, 5.41) is 0.616. The molecule has 0 aliphatic rings. The smallest absolute Gasteiger partial charge is 0.317 e. The second-order valence-electron chi connectivity index (χ2n) is 3.50. The Morgan fingerprint density at radius 2 is 2.18 bits per heavy atom. The molecule has 0 saturated heterocycles.